The van der Waals surface area contributed by atoms with Crippen molar-refractivity contribution in [2.24, 2.45) is 0 Å². The Labute approximate surface area is 214 Å². The highest BCUT2D eigenvalue weighted by molar-refractivity contribution is 8.01. The Balaban J connectivity index is 1.51. The predicted molar refractivity (Wildman–Crippen MR) is 140 cm³/mol. The number of nitrogens with one attached hydrogen (secondary N) is 1. The van der Waals surface area contributed by atoms with E-state index in [0.29, 0.717) is 36.0 Å². The molecule has 0 radical (unpaired) electrons. The molecular weight excluding hydrogens is 478 g/mol. The summed E-state index contributed by atoms with van der Waals surface area (Å²) in [6.45, 7) is 0.785. The Morgan fingerprint density at radius 3 is 2.36 bits per heavy atom. The molecule has 5 rings (SSSR count). The van der Waals surface area contributed by atoms with Crippen LogP contribution < -0.4 is 24.4 Å². The number of methoxy groups -OCH3 is 3. The van der Waals surface area contributed by atoms with E-state index in [1.807, 2.05) is 42.5 Å². The molecule has 186 valence electrons. The zero-order valence-corrected chi connectivity index (χ0v) is 21.1. The summed E-state index contributed by atoms with van der Waals surface area (Å²) in [4.78, 5) is 29.9. The van der Waals surface area contributed by atoms with Crippen LogP contribution in [0.1, 0.15) is 11.1 Å². The second kappa shape index (κ2) is 9.66. The lowest BCUT2D eigenvalue weighted by atomic mass is 10.1. The lowest BCUT2D eigenvalue weighted by Crippen LogP contribution is -2.51. The molecule has 0 unspecified atom stereocenters. The molecule has 0 aromatic heterocycles. The van der Waals surface area contributed by atoms with Crippen LogP contribution in [0.2, 0.25) is 0 Å². The molecule has 8 nitrogen and oxygen atoms in total. The maximum absolute atomic E-state index is 14.2. The summed E-state index contributed by atoms with van der Waals surface area (Å²) < 4.78 is 16.1. The van der Waals surface area contributed by atoms with E-state index in [1.54, 1.807) is 55.4 Å². The van der Waals surface area contributed by atoms with Gasteiger partial charge in [0.05, 0.1) is 33.6 Å². The minimum absolute atomic E-state index is 0.152. The molecule has 36 heavy (non-hydrogen) atoms. The molecule has 1 spiro atoms. The number of fused-ring (bicyclic) bond motifs is 2. The zero-order chi connectivity index (χ0) is 25.3. The third kappa shape index (κ3) is 3.99. The monoisotopic (exact) mass is 505 g/mol. The molecule has 1 N–H and O–H groups in total. The second-order valence-electron chi connectivity index (χ2n) is 8.43. The fourth-order valence-corrected chi connectivity index (χ4v) is 6.15. The molecule has 9 heteroatoms. The third-order valence-corrected chi connectivity index (χ3v) is 7.88. The number of nitrogens with zero attached hydrogens (tertiary/aromatic N) is 2. The van der Waals surface area contributed by atoms with Gasteiger partial charge >= 0.3 is 6.03 Å². The van der Waals surface area contributed by atoms with Crippen molar-refractivity contribution in [2.45, 2.75) is 11.4 Å². The lowest BCUT2D eigenvalue weighted by molar-refractivity contribution is -0.123. The van der Waals surface area contributed by atoms with E-state index in [4.69, 9.17) is 14.2 Å². The van der Waals surface area contributed by atoms with Crippen molar-refractivity contribution in [3.63, 3.8) is 0 Å². The zero-order valence-electron chi connectivity index (χ0n) is 20.3. The van der Waals surface area contributed by atoms with Crippen molar-refractivity contribution in [1.82, 2.24) is 4.90 Å². The van der Waals surface area contributed by atoms with E-state index in [9.17, 15) is 9.59 Å². The average molecular weight is 506 g/mol. The first kappa shape index (κ1) is 23.9. The number of rotatable bonds is 6. The number of carbonyl (C=O) groups is 2. The molecule has 0 saturated carbocycles. The third-order valence-electron chi connectivity index (χ3n) is 6.46. The van der Waals surface area contributed by atoms with Crippen LogP contribution in [0.5, 0.6) is 17.2 Å². The van der Waals surface area contributed by atoms with Crippen molar-refractivity contribution < 1.29 is 23.8 Å². The van der Waals surface area contributed by atoms with Crippen LogP contribution in [0.4, 0.5) is 16.2 Å². The van der Waals surface area contributed by atoms with E-state index >= 15 is 0 Å². The Kier molecular flexibility index (Phi) is 6.40. The van der Waals surface area contributed by atoms with E-state index in [1.165, 1.54) is 11.8 Å². The van der Waals surface area contributed by atoms with Crippen molar-refractivity contribution >= 4 is 35.1 Å². The first-order chi connectivity index (χ1) is 17.5. The SMILES string of the molecule is COc1ccc(NC(=O)N2CCS[C@@]23C(=O)N(Cc2cccc(OC)c2)c2ccc(OC)cc23)cc1. The van der Waals surface area contributed by atoms with E-state index in [0.717, 1.165) is 22.6 Å². The summed E-state index contributed by atoms with van der Waals surface area (Å²) in [5.74, 6) is 2.53. The van der Waals surface area contributed by atoms with Gasteiger partial charge in [0.25, 0.3) is 5.91 Å². The molecule has 0 bridgehead atoms. The molecule has 3 aromatic rings. The number of ether oxygens (including phenoxy) is 3. The summed E-state index contributed by atoms with van der Waals surface area (Å²) in [7, 11) is 4.80. The van der Waals surface area contributed by atoms with Gasteiger partial charge in [-0.1, -0.05) is 12.1 Å². The normalized spacial score (nSPS) is 18.4. The molecule has 1 fully saturated rings. The Morgan fingerprint density at radius 2 is 1.64 bits per heavy atom. The molecule has 2 heterocycles. The molecule has 1 atom stereocenters. The summed E-state index contributed by atoms with van der Waals surface area (Å²) >= 11 is 1.47. The highest BCUT2D eigenvalue weighted by atomic mass is 32.2. The average Bonchev–Trinajstić information content (AvgIpc) is 3.46. The van der Waals surface area contributed by atoms with Gasteiger partial charge in [0.1, 0.15) is 17.2 Å². The minimum atomic E-state index is -1.18. The highest BCUT2D eigenvalue weighted by Gasteiger charge is 2.59. The van der Waals surface area contributed by atoms with Crippen LogP contribution in [0.3, 0.4) is 0 Å². The summed E-state index contributed by atoms with van der Waals surface area (Å²) in [6, 6.07) is 20.0. The van der Waals surface area contributed by atoms with Crippen molar-refractivity contribution in [3.8, 4) is 17.2 Å². The quantitative estimate of drug-likeness (QED) is 0.524. The summed E-state index contributed by atoms with van der Waals surface area (Å²) in [6.07, 6.45) is 0. The van der Waals surface area contributed by atoms with Gasteiger partial charge < -0.3 is 24.4 Å². The highest BCUT2D eigenvalue weighted by Crippen LogP contribution is 2.55. The summed E-state index contributed by atoms with van der Waals surface area (Å²) in [5, 5.41) is 2.95. The van der Waals surface area contributed by atoms with Crippen molar-refractivity contribution in [1.29, 1.82) is 0 Å². The molecule has 1 saturated heterocycles. The number of thioether (sulfide) groups is 1. The molecule has 3 amide bonds. The van der Waals surface area contributed by atoms with Crippen molar-refractivity contribution in [3.05, 3.63) is 77.9 Å². The molecule has 2 aliphatic heterocycles. The lowest BCUT2D eigenvalue weighted by Gasteiger charge is -2.33. The van der Waals surface area contributed by atoms with Crippen LogP contribution in [0.25, 0.3) is 0 Å². The van der Waals surface area contributed by atoms with Crippen LogP contribution in [0.15, 0.2) is 66.7 Å². The van der Waals surface area contributed by atoms with E-state index < -0.39 is 4.87 Å². The Bertz CT molecular complexity index is 1300. The first-order valence-corrected chi connectivity index (χ1v) is 12.5. The second-order valence-corrected chi connectivity index (χ2v) is 9.72. The van der Waals surface area contributed by atoms with Crippen molar-refractivity contribution in [2.75, 3.05) is 43.8 Å². The van der Waals surface area contributed by atoms with Gasteiger partial charge in [0.15, 0.2) is 4.87 Å². The Hall–Kier alpha value is -3.85. The standard InChI is InChI=1S/C27H27N3O5S/c1-33-20-9-7-19(8-10-20)28-26(32)30-13-14-36-27(30)23-16-22(35-3)11-12-24(23)29(25(27)31)17-18-5-4-6-21(15-18)34-2/h4-12,15-16H,13-14,17H2,1-3H3,(H,28,32)/t27-/m0/s1. The minimum Gasteiger partial charge on any atom is -0.497 e. The van der Waals surface area contributed by atoms with Gasteiger partial charge in [0.2, 0.25) is 0 Å². The largest absolute Gasteiger partial charge is 0.497 e. The smallest absolute Gasteiger partial charge is 0.323 e. The van der Waals surface area contributed by atoms with Gasteiger partial charge in [-0.15, -0.1) is 11.8 Å². The van der Waals surface area contributed by atoms with Gasteiger partial charge in [-0.05, 0) is 60.2 Å². The van der Waals surface area contributed by atoms with Gasteiger partial charge in [0, 0.05) is 23.5 Å². The van der Waals surface area contributed by atoms with Gasteiger partial charge in [-0.2, -0.15) is 0 Å². The maximum atomic E-state index is 14.2. The van der Waals surface area contributed by atoms with Crippen LogP contribution in [0, 0.1) is 0 Å². The summed E-state index contributed by atoms with van der Waals surface area (Å²) in [5.41, 5.74) is 3.07. The molecule has 3 aromatic carbocycles. The number of carbonyl (C=O) groups excluding carboxylic acids is 2. The van der Waals surface area contributed by atoms with Crippen LogP contribution in [-0.4, -0.2) is 50.5 Å². The molecule has 2 aliphatic rings. The van der Waals surface area contributed by atoms with Gasteiger partial charge in [-0.3, -0.25) is 9.69 Å². The number of hydrogen-bond donors (Lipinski definition) is 1. The number of urea groups is 1. The number of benzene rings is 3. The Morgan fingerprint density at radius 1 is 0.944 bits per heavy atom. The fraction of sp³-hybridized carbons (Fsp3) is 0.259. The maximum Gasteiger partial charge on any atom is 0.323 e. The molecule has 0 aliphatic carbocycles. The molecular formula is C27H27N3O5S. The fourth-order valence-electron chi connectivity index (χ4n) is 4.70. The van der Waals surface area contributed by atoms with E-state index in [2.05, 4.69) is 5.32 Å². The number of amides is 3. The first-order valence-electron chi connectivity index (χ1n) is 11.5. The van der Waals surface area contributed by atoms with Crippen LogP contribution in [-0.2, 0) is 16.2 Å². The topological polar surface area (TPSA) is 80.3 Å². The van der Waals surface area contributed by atoms with Gasteiger partial charge in [-0.25, -0.2) is 4.79 Å². The van der Waals surface area contributed by atoms with Crippen LogP contribution >= 0.6 is 11.8 Å². The van der Waals surface area contributed by atoms with E-state index in [-0.39, 0.29) is 11.9 Å². The number of hydrogen-bond acceptors (Lipinski definition) is 6. The number of anilines is 2. The predicted octanol–water partition coefficient (Wildman–Crippen LogP) is 4.69.